The number of thiophene rings is 1. The third kappa shape index (κ3) is 3.71. The molecule has 8 heteroatoms. The molecule has 27 heavy (non-hydrogen) atoms. The van der Waals surface area contributed by atoms with Crippen molar-refractivity contribution in [3.63, 3.8) is 0 Å². The van der Waals surface area contributed by atoms with Crippen molar-refractivity contribution in [2.75, 3.05) is 7.11 Å². The van der Waals surface area contributed by atoms with Crippen LogP contribution in [0, 0.1) is 19.7 Å². The molecule has 1 N–H and O–H groups in total. The van der Waals surface area contributed by atoms with Gasteiger partial charge in [-0.05, 0) is 44.0 Å². The molecule has 0 spiro atoms. The number of benzene rings is 1. The van der Waals surface area contributed by atoms with Gasteiger partial charge in [-0.15, -0.1) is 11.3 Å². The fourth-order valence-electron chi connectivity index (χ4n) is 2.86. The van der Waals surface area contributed by atoms with Crippen LogP contribution in [-0.2, 0) is 11.3 Å². The SMILES string of the molecule is COc1ccc(C(C)NC(=O)Cn2cnc3sc(C)c(C)c3c2=O)cc1F. The average molecular weight is 389 g/mol. The van der Waals surface area contributed by atoms with E-state index >= 15 is 0 Å². The molecule has 2 aromatic heterocycles. The molecule has 3 aromatic rings. The van der Waals surface area contributed by atoms with Gasteiger partial charge in [0, 0.05) is 4.88 Å². The van der Waals surface area contributed by atoms with Crippen LogP contribution < -0.4 is 15.6 Å². The number of aryl methyl sites for hydroxylation is 2. The lowest BCUT2D eigenvalue weighted by molar-refractivity contribution is -0.122. The Morgan fingerprint density at radius 3 is 2.81 bits per heavy atom. The smallest absolute Gasteiger partial charge is 0.262 e. The lowest BCUT2D eigenvalue weighted by Crippen LogP contribution is -2.34. The Morgan fingerprint density at radius 2 is 2.15 bits per heavy atom. The second-order valence-electron chi connectivity index (χ2n) is 6.32. The van der Waals surface area contributed by atoms with Crippen molar-refractivity contribution in [1.29, 1.82) is 0 Å². The number of carbonyl (C=O) groups is 1. The zero-order chi connectivity index (χ0) is 19.7. The number of ether oxygens (including phenoxy) is 1. The summed E-state index contributed by atoms with van der Waals surface area (Å²) in [4.78, 5) is 31.0. The summed E-state index contributed by atoms with van der Waals surface area (Å²) in [7, 11) is 1.39. The summed E-state index contributed by atoms with van der Waals surface area (Å²) < 4.78 is 20.0. The molecule has 1 unspecified atom stereocenters. The summed E-state index contributed by atoms with van der Waals surface area (Å²) >= 11 is 1.46. The van der Waals surface area contributed by atoms with Crippen LogP contribution in [0.2, 0.25) is 0 Å². The minimum absolute atomic E-state index is 0.143. The van der Waals surface area contributed by atoms with Crippen molar-refractivity contribution in [3.8, 4) is 5.75 Å². The van der Waals surface area contributed by atoms with Crippen LogP contribution >= 0.6 is 11.3 Å². The summed E-state index contributed by atoms with van der Waals surface area (Å²) in [5.41, 5.74) is 1.26. The van der Waals surface area contributed by atoms with Crippen LogP contribution in [-0.4, -0.2) is 22.6 Å². The molecule has 6 nitrogen and oxygen atoms in total. The molecule has 1 amide bonds. The molecule has 0 saturated heterocycles. The van der Waals surface area contributed by atoms with Gasteiger partial charge >= 0.3 is 0 Å². The fourth-order valence-corrected chi connectivity index (χ4v) is 3.85. The average Bonchev–Trinajstić information content (AvgIpc) is 2.92. The summed E-state index contributed by atoms with van der Waals surface area (Å²) in [5, 5.41) is 3.33. The predicted octanol–water partition coefficient (Wildman–Crippen LogP) is 3.10. The van der Waals surface area contributed by atoms with E-state index in [2.05, 4.69) is 10.3 Å². The highest BCUT2D eigenvalue weighted by Gasteiger charge is 2.16. The number of nitrogens with one attached hydrogen (secondary N) is 1. The Bertz CT molecular complexity index is 1070. The standard InChI is InChI=1S/C19H20FN3O3S/c1-10-12(3)27-18-17(10)19(25)23(9-21-18)8-16(24)22-11(2)13-5-6-15(26-4)14(20)7-13/h5-7,9,11H,8H2,1-4H3,(H,22,24). The van der Waals surface area contributed by atoms with Gasteiger partial charge in [-0.25, -0.2) is 9.37 Å². The van der Waals surface area contributed by atoms with Gasteiger partial charge in [0.05, 0.1) is 24.9 Å². The number of nitrogens with zero attached hydrogens (tertiary/aromatic N) is 2. The van der Waals surface area contributed by atoms with Crippen LogP contribution in [0.3, 0.4) is 0 Å². The fraction of sp³-hybridized carbons (Fsp3) is 0.316. The molecule has 0 fully saturated rings. The van der Waals surface area contributed by atoms with E-state index in [1.807, 2.05) is 13.8 Å². The van der Waals surface area contributed by atoms with Gasteiger partial charge < -0.3 is 10.1 Å². The number of fused-ring (bicyclic) bond motifs is 1. The first-order valence-electron chi connectivity index (χ1n) is 8.39. The molecule has 0 saturated carbocycles. The number of rotatable bonds is 5. The number of hydrogen-bond acceptors (Lipinski definition) is 5. The Balaban J connectivity index is 1.77. The van der Waals surface area contributed by atoms with Gasteiger partial charge in [0.15, 0.2) is 11.6 Å². The number of carbonyl (C=O) groups excluding carboxylic acids is 1. The highest BCUT2D eigenvalue weighted by molar-refractivity contribution is 7.18. The largest absolute Gasteiger partial charge is 0.494 e. The molecule has 0 aliphatic carbocycles. The van der Waals surface area contributed by atoms with E-state index < -0.39 is 11.9 Å². The van der Waals surface area contributed by atoms with E-state index in [1.54, 1.807) is 13.0 Å². The van der Waals surface area contributed by atoms with Gasteiger partial charge in [-0.1, -0.05) is 6.07 Å². The summed E-state index contributed by atoms with van der Waals surface area (Å²) in [6.45, 7) is 5.41. The highest BCUT2D eigenvalue weighted by Crippen LogP contribution is 2.25. The van der Waals surface area contributed by atoms with E-state index in [1.165, 1.54) is 41.5 Å². The Hall–Kier alpha value is -2.74. The normalized spacial score (nSPS) is 12.2. The maximum atomic E-state index is 13.8. The molecular weight excluding hydrogens is 369 g/mol. The van der Waals surface area contributed by atoms with Gasteiger partial charge in [-0.3, -0.25) is 14.2 Å². The summed E-state index contributed by atoms with van der Waals surface area (Å²) in [6.07, 6.45) is 1.39. The van der Waals surface area contributed by atoms with Crippen LogP contribution in [0.25, 0.3) is 10.2 Å². The number of amides is 1. The van der Waals surface area contributed by atoms with Gasteiger partial charge in [0.25, 0.3) is 5.56 Å². The Labute approximate surface area is 159 Å². The molecule has 2 heterocycles. The molecule has 0 aliphatic rings. The van der Waals surface area contributed by atoms with E-state index in [0.29, 0.717) is 15.8 Å². The molecule has 1 atom stereocenters. The van der Waals surface area contributed by atoms with Gasteiger partial charge in [0.2, 0.25) is 5.91 Å². The van der Waals surface area contributed by atoms with Crippen LogP contribution in [0.15, 0.2) is 29.3 Å². The van der Waals surface area contributed by atoms with Gasteiger partial charge in [-0.2, -0.15) is 0 Å². The molecule has 0 radical (unpaired) electrons. The van der Waals surface area contributed by atoms with Crippen LogP contribution in [0.1, 0.15) is 29.0 Å². The van der Waals surface area contributed by atoms with E-state index in [9.17, 15) is 14.0 Å². The van der Waals surface area contributed by atoms with Crippen molar-refractivity contribution in [2.24, 2.45) is 0 Å². The molecule has 3 rings (SSSR count). The van der Waals surface area contributed by atoms with Gasteiger partial charge in [0.1, 0.15) is 11.4 Å². The second kappa shape index (κ2) is 7.48. The first-order chi connectivity index (χ1) is 12.8. The lowest BCUT2D eigenvalue weighted by Gasteiger charge is -2.15. The van der Waals surface area contributed by atoms with Crippen molar-refractivity contribution in [2.45, 2.75) is 33.4 Å². The van der Waals surface area contributed by atoms with Crippen molar-refractivity contribution >= 4 is 27.5 Å². The van der Waals surface area contributed by atoms with Crippen molar-refractivity contribution < 1.29 is 13.9 Å². The van der Waals surface area contributed by atoms with E-state index in [-0.39, 0.29) is 23.8 Å². The molecule has 0 bridgehead atoms. The maximum Gasteiger partial charge on any atom is 0.262 e. The number of halogens is 1. The summed E-state index contributed by atoms with van der Waals surface area (Å²) in [5.74, 6) is -0.707. The third-order valence-electron chi connectivity index (χ3n) is 4.52. The van der Waals surface area contributed by atoms with Crippen LogP contribution in [0.4, 0.5) is 4.39 Å². The van der Waals surface area contributed by atoms with Crippen molar-refractivity contribution in [3.05, 3.63) is 56.7 Å². The first kappa shape index (κ1) is 19.0. The number of hydrogen-bond donors (Lipinski definition) is 1. The third-order valence-corrected chi connectivity index (χ3v) is 5.64. The molecule has 0 aliphatic heterocycles. The molecular formula is C19H20FN3O3S. The first-order valence-corrected chi connectivity index (χ1v) is 9.21. The topological polar surface area (TPSA) is 73.2 Å². The number of methoxy groups -OCH3 is 1. The quantitative estimate of drug-likeness (QED) is 0.728. The van der Waals surface area contributed by atoms with Crippen molar-refractivity contribution in [1.82, 2.24) is 14.9 Å². The zero-order valence-corrected chi connectivity index (χ0v) is 16.3. The molecule has 1 aromatic carbocycles. The summed E-state index contributed by atoms with van der Waals surface area (Å²) in [6, 6.07) is 4.10. The van der Waals surface area contributed by atoms with E-state index in [0.717, 1.165) is 10.4 Å². The lowest BCUT2D eigenvalue weighted by atomic mass is 10.1. The number of aromatic nitrogens is 2. The minimum Gasteiger partial charge on any atom is -0.494 e. The van der Waals surface area contributed by atoms with Crippen LogP contribution in [0.5, 0.6) is 5.75 Å². The zero-order valence-electron chi connectivity index (χ0n) is 15.5. The predicted molar refractivity (Wildman–Crippen MR) is 103 cm³/mol. The minimum atomic E-state index is -0.495. The Morgan fingerprint density at radius 1 is 1.41 bits per heavy atom. The van der Waals surface area contributed by atoms with E-state index in [4.69, 9.17) is 4.74 Å². The molecule has 142 valence electrons. The second-order valence-corrected chi connectivity index (χ2v) is 7.53. The maximum absolute atomic E-state index is 13.8. The highest BCUT2D eigenvalue weighted by atomic mass is 32.1. The monoisotopic (exact) mass is 389 g/mol. The Kier molecular flexibility index (Phi) is 5.27.